The molecule has 0 unspecified atom stereocenters. The normalized spacial score (nSPS) is 8.00. The van der Waals surface area contributed by atoms with Crippen molar-refractivity contribution in [3.05, 3.63) is 0 Å². The summed E-state index contributed by atoms with van der Waals surface area (Å²) in [6.45, 7) is 4.85. The average molecular weight is 109 g/mol. The molecule has 0 aliphatic carbocycles. The van der Waals surface area contributed by atoms with E-state index in [1.54, 1.807) is 6.92 Å². The summed E-state index contributed by atoms with van der Waals surface area (Å²) < 4.78 is 12.7. The molecule has 0 aliphatic heterocycles. The zero-order valence-corrected chi connectivity index (χ0v) is 5.15. The summed E-state index contributed by atoms with van der Waals surface area (Å²) in [5.74, 6) is 3.50. The number of rotatable bonds is 0. The molecule has 3 N–H and O–H groups in total. The predicted molar refractivity (Wildman–Crippen MR) is 33.3 cm³/mol. The molecule has 0 amide bonds. The average Bonchev–Trinajstić information content (AvgIpc) is 1.94. The van der Waals surface area contributed by atoms with Crippen LogP contribution in [0.1, 0.15) is 36.8 Å². The van der Waals surface area contributed by atoms with Gasteiger partial charge in [0, 0.05) is 2.74 Å². The lowest BCUT2D eigenvalue weighted by molar-refractivity contribution is 0.311. The Morgan fingerprint density at radius 3 is 1.86 bits per heavy atom. The summed E-state index contributed by atoms with van der Waals surface area (Å²) in [4.78, 5) is 0. The van der Waals surface area contributed by atoms with Crippen molar-refractivity contribution >= 4 is 0 Å². The highest BCUT2D eigenvalue weighted by Gasteiger charge is 1.35. The Hall–Kier alpha value is -0.0800. The van der Waals surface area contributed by atoms with Crippen molar-refractivity contribution in [2.45, 2.75) is 34.1 Å². The maximum atomic E-state index is 6.50. The fraction of sp³-hybridized carbons (Fsp3) is 1.00. The zero-order chi connectivity index (χ0) is 8.12. The first-order valence-electron chi connectivity index (χ1n) is 3.59. The van der Waals surface area contributed by atoms with Gasteiger partial charge in [-0.2, -0.15) is 0 Å². The van der Waals surface area contributed by atoms with Gasteiger partial charge in [-0.15, -0.1) is 0 Å². The third kappa shape index (κ3) is 14200. The molecule has 0 saturated carbocycles. The maximum absolute atomic E-state index is 6.50. The lowest BCUT2D eigenvalue weighted by Crippen LogP contribution is -1.72. The lowest BCUT2D eigenvalue weighted by atomic mass is 10.6. The van der Waals surface area contributed by atoms with Crippen LogP contribution in [-0.4, -0.2) is 5.21 Å². The molecule has 0 aliphatic rings. The smallest absolute Gasteiger partial charge is 0.0230 e. The molecule has 2 heteroatoms. The first-order chi connectivity index (χ1) is 4.33. The summed E-state index contributed by atoms with van der Waals surface area (Å²) in [6.07, 6.45) is 0.986. The Balaban J connectivity index is -0.0000000646. The second kappa shape index (κ2) is 169. The molecule has 7 heavy (non-hydrogen) atoms. The maximum Gasteiger partial charge on any atom is 0.0230 e. The number of hydrogen-bond donors (Lipinski definition) is 2. The van der Waals surface area contributed by atoms with E-state index < -0.39 is 0 Å². The summed E-state index contributed by atoms with van der Waals surface area (Å²) in [5, 5.41) is 6.50. The van der Waals surface area contributed by atoms with Crippen LogP contribution in [0, 0.1) is 0 Å². The zero-order valence-electron chi connectivity index (χ0n) is 7.15. The second-order valence-electron chi connectivity index (χ2n) is 0.500. The van der Waals surface area contributed by atoms with E-state index in [4.69, 9.17) is 7.95 Å². The van der Waals surface area contributed by atoms with Crippen LogP contribution in [0.4, 0.5) is 0 Å². The van der Waals surface area contributed by atoms with Gasteiger partial charge in [0.15, 0.2) is 0 Å². The summed E-state index contributed by atoms with van der Waals surface area (Å²) in [5.41, 5.74) is 0. The molecule has 0 bridgehead atoms. The minimum Gasteiger partial charge on any atom is -0.320 e. The second-order valence-corrected chi connectivity index (χ2v) is 0.500. The summed E-state index contributed by atoms with van der Waals surface area (Å²) in [6, 6.07) is 0. The molecule has 0 spiro atoms. The van der Waals surface area contributed by atoms with Gasteiger partial charge in [-0.25, -0.2) is 5.90 Å². The minimum atomic E-state index is 0.500. The SMILES string of the molecule is NO.[2H]CC.[2H]CCC. The van der Waals surface area contributed by atoms with Crippen LogP contribution in [0.15, 0.2) is 0 Å². The van der Waals surface area contributed by atoms with E-state index in [0.29, 0.717) is 13.8 Å². The molecule has 48 valence electrons. The van der Waals surface area contributed by atoms with Crippen LogP contribution in [0.5, 0.6) is 0 Å². The van der Waals surface area contributed by atoms with Crippen molar-refractivity contribution in [1.82, 2.24) is 0 Å². The van der Waals surface area contributed by atoms with Gasteiger partial charge in [0.25, 0.3) is 0 Å². The van der Waals surface area contributed by atoms with Crippen LogP contribution >= 0.6 is 0 Å². The van der Waals surface area contributed by atoms with Crippen molar-refractivity contribution in [3.63, 3.8) is 0 Å². The molecule has 2 nitrogen and oxygen atoms in total. The largest absolute Gasteiger partial charge is 0.320 e. The fourth-order valence-corrected chi connectivity index (χ4v) is 0. The molecular formula is C5H17NO. The van der Waals surface area contributed by atoms with Crippen LogP contribution in [0.3, 0.4) is 0 Å². The molecular weight excluding hydrogens is 90.1 g/mol. The number of hydrogen-bond acceptors (Lipinski definition) is 2. The van der Waals surface area contributed by atoms with Gasteiger partial charge in [0.05, 0.1) is 0 Å². The van der Waals surface area contributed by atoms with Gasteiger partial charge in [0.2, 0.25) is 0 Å². The Morgan fingerprint density at radius 2 is 1.86 bits per heavy atom. The highest BCUT2D eigenvalue weighted by molar-refractivity contribution is 3.92. The molecule has 0 aromatic rings. The highest BCUT2D eigenvalue weighted by Crippen LogP contribution is 1.56. The standard InChI is InChI=1S/C3H8.C2H6.H3NO/c1-3-2;2*1-2/h3H2,1-2H3;1-2H3;2H,1H2/i2*1D;. The minimum absolute atomic E-state index is 0.500. The van der Waals surface area contributed by atoms with Gasteiger partial charge in [-0.3, -0.25) is 0 Å². The van der Waals surface area contributed by atoms with Crippen LogP contribution in [0.2, 0.25) is 0 Å². The van der Waals surface area contributed by atoms with Gasteiger partial charge < -0.3 is 5.21 Å². The van der Waals surface area contributed by atoms with E-state index in [-0.39, 0.29) is 0 Å². The van der Waals surface area contributed by atoms with Gasteiger partial charge in [-0.05, 0) is 0 Å². The first-order valence-corrected chi connectivity index (χ1v) is 2.17. The molecule has 0 saturated heterocycles. The molecule has 0 aromatic carbocycles. The van der Waals surface area contributed by atoms with Crippen LogP contribution in [-0.2, 0) is 0 Å². The number of nitrogens with two attached hydrogens (primary N) is 1. The van der Waals surface area contributed by atoms with Crippen molar-refractivity contribution in [1.29, 1.82) is 0 Å². The van der Waals surface area contributed by atoms with Crippen LogP contribution < -0.4 is 5.90 Å². The molecule has 0 radical (unpaired) electrons. The van der Waals surface area contributed by atoms with Gasteiger partial charge in [0.1, 0.15) is 0 Å². The first kappa shape index (κ1) is 6.92. The van der Waals surface area contributed by atoms with Gasteiger partial charge >= 0.3 is 0 Å². The Labute approximate surface area is 49.1 Å². The van der Waals surface area contributed by atoms with Crippen molar-refractivity contribution < 1.29 is 7.95 Å². The monoisotopic (exact) mass is 109 g/mol. The van der Waals surface area contributed by atoms with E-state index in [2.05, 4.69) is 5.90 Å². The quantitative estimate of drug-likeness (QED) is 0.466. The highest BCUT2D eigenvalue weighted by atomic mass is 16.4. The topological polar surface area (TPSA) is 46.2 Å². The van der Waals surface area contributed by atoms with E-state index in [0.717, 1.165) is 6.42 Å². The third-order valence-corrected chi connectivity index (χ3v) is 0. The summed E-state index contributed by atoms with van der Waals surface area (Å²) in [7, 11) is 0. The third-order valence-electron chi connectivity index (χ3n) is 0. The van der Waals surface area contributed by atoms with Crippen molar-refractivity contribution in [2.75, 3.05) is 0 Å². The summed E-state index contributed by atoms with van der Waals surface area (Å²) >= 11 is 0. The van der Waals surface area contributed by atoms with Crippen molar-refractivity contribution in [3.8, 4) is 0 Å². The van der Waals surface area contributed by atoms with Crippen molar-refractivity contribution in [2.24, 2.45) is 5.90 Å². The fourth-order valence-electron chi connectivity index (χ4n) is 0. The van der Waals surface area contributed by atoms with Gasteiger partial charge in [-0.1, -0.05) is 34.1 Å². The van der Waals surface area contributed by atoms with E-state index in [1.807, 2.05) is 6.92 Å². The lowest BCUT2D eigenvalue weighted by Gasteiger charge is -1.48. The molecule has 0 atom stereocenters. The molecule has 0 rings (SSSR count). The Morgan fingerprint density at radius 1 is 1.71 bits per heavy atom. The Kier molecular flexibility index (Phi) is 167. The van der Waals surface area contributed by atoms with Crippen LogP contribution in [0.25, 0.3) is 0 Å². The molecule has 0 fully saturated rings. The molecule has 0 aromatic heterocycles. The predicted octanol–water partition coefficient (Wildman–Crippen LogP) is 1.78. The van der Waals surface area contributed by atoms with E-state index in [9.17, 15) is 0 Å². The Bertz CT molecular complexity index is 22.4. The molecule has 0 heterocycles. The van der Waals surface area contributed by atoms with E-state index in [1.165, 1.54) is 0 Å². The van der Waals surface area contributed by atoms with E-state index >= 15 is 0 Å².